The first-order valence-corrected chi connectivity index (χ1v) is 3.97. The van der Waals surface area contributed by atoms with Crippen LogP contribution in [0.2, 0.25) is 0 Å². The Morgan fingerprint density at radius 2 is 2.55 bits per heavy atom. The van der Waals surface area contributed by atoms with Gasteiger partial charge >= 0.3 is 5.97 Å². The second-order valence-electron chi connectivity index (χ2n) is 3.64. The fourth-order valence-corrected chi connectivity index (χ4v) is 1.80. The van der Waals surface area contributed by atoms with Crippen LogP contribution >= 0.6 is 0 Å². The average molecular weight is 152 g/mol. The van der Waals surface area contributed by atoms with Gasteiger partial charge in [-0.1, -0.05) is 12.2 Å². The lowest BCUT2D eigenvalue weighted by Crippen LogP contribution is -2.03. The molecule has 0 bridgehead atoms. The van der Waals surface area contributed by atoms with Crippen LogP contribution in [0, 0.1) is 11.3 Å². The number of carbonyl (C=O) groups excluding carboxylic acids is 1. The quantitative estimate of drug-likeness (QED) is 0.443. The predicted octanol–water partition coefficient (Wildman–Crippen LogP) is 1.52. The number of esters is 1. The minimum Gasteiger partial charge on any atom is -0.466 e. The molecule has 0 radical (unpaired) electrons. The Balaban J connectivity index is 1.76. The maximum atomic E-state index is 10.4. The van der Waals surface area contributed by atoms with E-state index in [1.54, 1.807) is 0 Å². The van der Waals surface area contributed by atoms with E-state index in [4.69, 9.17) is 4.74 Å². The zero-order chi connectivity index (χ0) is 8.06. The Hall–Kier alpha value is -0.790. The molecule has 60 valence electrons. The zero-order valence-electron chi connectivity index (χ0n) is 6.72. The summed E-state index contributed by atoms with van der Waals surface area (Å²) in [5.74, 6) is 0.428. The van der Waals surface area contributed by atoms with Crippen molar-refractivity contribution in [1.29, 1.82) is 0 Å². The first-order valence-electron chi connectivity index (χ1n) is 3.97. The third-order valence-corrected chi connectivity index (χ3v) is 2.83. The third-order valence-electron chi connectivity index (χ3n) is 2.83. The number of hydrogen-bond donors (Lipinski definition) is 0. The molecule has 0 aromatic carbocycles. The Kier molecular flexibility index (Phi) is 1.17. The second-order valence-corrected chi connectivity index (χ2v) is 3.64. The summed E-state index contributed by atoms with van der Waals surface area (Å²) in [6.45, 7) is 5.98. The van der Waals surface area contributed by atoms with Gasteiger partial charge in [0.25, 0.3) is 0 Å². The van der Waals surface area contributed by atoms with Gasteiger partial charge in [0.15, 0.2) is 0 Å². The van der Waals surface area contributed by atoms with E-state index in [1.165, 1.54) is 25.3 Å². The summed E-state index contributed by atoms with van der Waals surface area (Å²) in [4.78, 5) is 10.4. The van der Waals surface area contributed by atoms with Crippen molar-refractivity contribution in [2.45, 2.75) is 19.8 Å². The number of ether oxygens (including phenoxy) is 1. The van der Waals surface area contributed by atoms with Crippen molar-refractivity contribution < 1.29 is 9.53 Å². The van der Waals surface area contributed by atoms with Crippen molar-refractivity contribution in [2.24, 2.45) is 11.3 Å². The van der Waals surface area contributed by atoms with Crippen molar-refractivity contribution >= 4 is 5.97 Å². The predicted molar refractivity (Wildman–Crippen MR) is 40.9 cm³/mol. The highest BCUT2D eigenvalue weighted by Gasteiger charge is 2.66. The first kappa shape index (κ1) is 6.89. The summed E-state index contributed by atoms with van der Waals surface area (Å²) < 4.78 is 4.91. The van der Waals surface area contributed by atoms with Gasteiger partial charge in [-0.05, 0) is 12.8 Å². The molecule has 0 aromatic heterocycles. The molecule has 11 heavy (non-hydrogen) atoms. The van der Waals surface area contributed by atoms with Crippen LogP contribution in [0.1, 0.15) is 19.8 Å². The molecule has 0 aromatic rings. The highest BCUT2D eigenvalue weighted by Crippen LogP contribution is 2.73. The van der Waals surface area contributed by atoms with E-state index in [0.29, 0.717) is 17.9 Å². The van der Waals surface area contributed by atoms with Gasteiger partial charge in [0, 0.05) is 18.3 Å². The summed E-state index contributed by atoms with van der Waals surface area (Å²) >= 11 is 0. The molecule has 0 amide bonds. The van der Waals surface area contributed by atoms with Gasteiger partial charge in [0.05, 0.1) is 6.61 Å². The lowest BCUT2D eigenvalue weighted by atomic mass is 10.3. The zero-order valence-corrected chi connectivity index (χ0v) is 6.72. The number of carbonyl (C=O) groups is 1. The molecule has 2 nitrogen and oxygen atoms in total. The monoisotopic (exact) mass is 152 g/mol. The van der Waals surface area contributed by atoms with E-state index < -0.39 is 0 Å². The molecule has 0 saturated heterocycles. The fraction of sp³-hybridized carbons (Fsp3) is 0.667. The molecule has 2 aliphatic rings. The lowest BCUT2D eigenvalue weighted by Gasteiger charge is -1.97. The van der Waals surface area contributed by atoms with Crippen LogP contribution in [-0.4, -0.2) is 12.6 Å². The highest BCUT2D eigenvalue weighted by molar-refractivity contribution is 5.66. The van der Waals surface area contributed by atoms with E-state index in [2.05, 4.69) is 6.58 Å². The van der Waals surface area contributed by atoms with Gasteiger partial charge in [0.1, 0.15) is 0 Å². The standard InChI is InChI=1S/C9H12O2/c1-6-3-9(6)4-8(9)5-11-7(2)10/h8H,1,3-5H2,2H3/t8-,9-/m1/s1. The summed E-state index contributed by atoms with van der Waals surface area (Å²) in [5.41, 5.74) is 1.80. The smallest absolute Gasteiger partial charge is 0.302 e. The van der Waals surface area contributed by atoms with Gasteiger partial charge < -0.3 is 4.74 Å². The number of rotatable bonds is 2. The van der Waals surface area contributed by atoms with E-state index in [-0.39, 0.29) is 5.97 Å². The van der Waals surface area contributed by atoms with Gasteiger partial charge in [-0.15, -0.1) is 0 Å². The Morgan fingerprint density at radius 1 is 1.91 bits per heavy atom. The van der Waals surface area contributed by atoms with E-state index >= 15 is 0 Å². The molecule has 2 fully saturated rings. The van der Waals surface area contributed by atoms with Crippen molar-refractivity contribution in [3.63, 3.8) is 0 Å². The molecule has 0 unspecified atom stereocenters. The maximum Gasteiger partial charge on any atom is 0.302 e. The van der Waals surface area contributed by atoms with Gasteiger partial charge in [-0.3, -0.25) is 4.79 Å². The van der Waals surface area contributed by atoms with E-state index in [1.807, 2.05) is 0 Å². The van der Waals surface area contributed by atoms with Crippen LogP contribution in [0.4, 0.5) is 0 Å². The van der Waals surface area contributed by atoms with Crippen LogP contribution in [0.15, 0.2) is 12.2 Å². The molecule has 0 N–H and O–H groups in total. The molecular formula is C9H12O2. The number of allylic oxidation sites excluding steroid dienone is 1. The van der Waals surface area contributed by atoms with E-state index in [0.717, 1.165) is 0 Å². The fourth-order valence-electron chi connectivity index (χ4n) is 1.80. The highest BCUT2D eigenvalue weighted by atomic mass is 16.5. The summed E-state index contributed by atoms with van der Waals surface area (Å²) in [6, 6.07) is 0. The molecule has 2 aliphatic carbocycles. The van der Waals surface area contributed by atoms with Crippen molar-refractivity contribution in [2.75, 3.05) is 6.61 Å². The molecular weight excluding hydrogens is 140 g/mol. The SMILES string of the molecule is C=C1C[C@@]12C[C@@H]2COC(C)=O. The lowest BCUT2D eigenvalue weighted by molar-refractivity contribution is -0.141. The third kappa shape index (κ3) is 0.971. The van der Waals surface area contributed by atoms with Crippen molar-refractivity contribution in [3.8, 4) is 0 Å². The molecule has 2 saturated carbocycles. The van der Waals surface area contributed by atoms with Gasteiger partial charge in [-0.25, -0.2) is 0 Å². The molecule has 2 heteroatoms. The van der Waals surface area contributed by atoms with Crippen molar-refractivity contribution in [3.05, 3.63) is 12.2 Å². The Labute approximate surface area is 66.2 Å². The normalized spacial score (nSPS) is 39.0. The Bertz CT molecular complexity index is 232. The van der Waals surface area contributed by atoms with Gasteiger partial charge in [0.2, 0.25) is 0 Å². The first-order chi connectivity index (χ1) is 5.15. The Morgan fingerprint density at radius 3 is 2.91 bits per heavy atom. The molecule has 0 heterocycles. The molecule has 2 rings (SSSR count). The molecule has 2 atom stereocenters. The van der Waals surface area contributed by atoms with Crippen LogP contribution in [0.3, 0.4) is 0 Å². The minimum absolute atomic E-state index is 0.168. The number of hydrogen-bond acceptors (Lipinski definition) is 2. The second kappa shape index (κ2) is 1.87. The molecule has 0 aliphatic heterocycles. The minimum atomic E-state index is -0.168. The van der Waals surface area contributed by atoms with Gasteiger partial charge in [-0.2, -0.15) is 0 Å². The van der Waals surface area contributed by atoms with Crippen LogP contribution < -0.4 is 0 Å². The summed E-state index contributed by atoms with van der Waals surface area (Å²) in [5, 5.41) is 0. The van der Waals surface area contributed by atoms with Crippen LogP contribution in [0.25, 0.3) is 0 Å². The summed E-state index contributed by atoms with van der Waals surface area (Å²) in [7, 11) is 0. The van der Waals surface area contributed by atoms with Crippen molar-refractivity contribution in [1.82, 2.24) is 0 Å². The topological polar surface area (TPSA) is 26.3 Å². The van der Waals surface area contributed by atoms with Crippen LogP contribution in [0.5, 0.6) is 0 Å². The largest absolute Gasteiger partial charge is 0.466 e. The van der Waals surface area contributed by atoms with E-state index in [9.17, 15) is 4.79 Å². The molecule has 1 spiro atoms. The average Bonchev–Trinajstić information content (AvgIpc) is 2.73. The maximum absolute atomic E-state index is 10.4. The van der Waals surface area contributed by atoms with Crippen LogP contribution in [-0.2, 0) is 9.53 Å². The summed E-state index contributed by atoms with van der Waals surface area (Å²) in [6.07, 6.45) is 2.36.